The van der Waals surface area contributed by atoms with Gasteiger partial charge in [-0.25, -0.2) is 9.97 Å². The highest BCUT2D eigenvalue weighted by Gasteiger charge is 2.16. The summed E-state index contributed by atoms with van der Waals surface area (Å²) in [6.07, 6.45) is 9.41. The number of carbonyl (C=O) groups excluding carboxylic acids is 1. The van der Waals surface area contributed by atoms with E-state index in [1.807, 2.05) is 12.1 Å². The van der Waals surface area contributed by atoms with Gasteiger partial charge in [0.05, 0.1) is 5.56 Å². The first-order valence-corrected chi connectivity index (χ1v) is 9.53. The molecule has 1 amide bonds. The second kappa shape index (κ2) is 7.72. The summed E-state index contributed by atoms with van der Waals surface area (Å²) in [6.45, 7) is 4.22. The van der Waals surface area contributed by atoms with Crippen LogP contribution in [0.25, 0.3) is 0 Å². The largest absolute Gasteiger partial charge is 0.372 e. The Bertz CT molecular complexity index is 732. The van der Waals surface area contributed by atoms with Crippen LogP contribution in [0, 0.1) is 0 Å². The number of nitrogens with one attached hydrogen (secondary N) is 1. The van der Waals surface area contributed by atoms with E-state index in [4.69, 9.17) is 0 Å². The molecular weight excluding hydrogens is 326 g/mol. The van der Waals surface area contributed by atoms with Crippen LogP contribution in [-0.4, -0.2) is 42.1 Å². The summed E-state index contributed by atoms with van der Waals surface area (Å²) in [5.74, 6) is 0.536. The van der Waals surface area contributed by atoms with Crippen LogP contribution in [0.5, 0.6) is 0 Å². The summed E-state index contributed by atoms with van der Waals surface area (Å²) in [4.78, 5) is 25.7. The van der Waals surface area contributed by atoms with Crippen LogP contribution in [0.3, 0.4) is 0 Å². The van der Waals surface area contributed by atoms with E-state index < -0.39 is 0 Å². The van der Waals surface area contributed by atoms with Crippen LogP contribution in [-0.2, 0) is 0 Å². The number of hydrogen-bond acceptors (Lipinski definition) is 5. The average molecular weight is 351 g/mol. The van der Waals surface area contributed by atoms with Gasteiger partial charge in [-0.15, -0.1) is 0 Å². The molecule has 136 valence electrons. The third-order valence-electron chi connectivity index (χ3n) is 5.14. The van der Waals surface area contributed by atoms with Gasteiger partial charge in [-0.05, 0) is 56.4 Å². The zero-order valence-electron chi connectivity index (χ0n) is 15.0. The molecule has 0 atom stereocenters. The molecule has 2 aromatic rings. The monoisotopic (exact) mass is 351 g/mol. The number of amides is 1. The molecule has 1 aromatic carbocycles. The Morgan fingerprint density at radius 2 is 1.38 bits per heavy atom. The Hall–Kier alpha value is -2.63. The number of nitrogens with zero attached hydrogens (tertiary/aromatic N) is 4. The van der Waals surface area contributed by atoms with Crippen molar-refractivity contribution in [2.24, 2.45) is 0 Å². The maximum absolute atomic E-state index is 12.4. The van der Waals surface area contributed by atoms with Crippen molar-refractivity contribution in [1.82, 2.24) is 9.97 Å². The number of benzene rings is 1. The molecule has 2 aliphatic heterocycles. The Labute approximate surface area is 154 Å². The summed E-state index contributed by atoms with van der Waals surface area (Å²) >= 11 is 0. The second-order valence-corrected chi connectivity index (χ2v) is 7.01. The molecule has 2 saturated heterocycles. The van der Waals surface area contributed by atoms with Crippen molar-refractivity contribution in [1.29, 1.82) is 0 Å². The third-order valence-corrected chi connectivity index (χ3v) is 5.14. The van der Waals surface area contributed by atoms with Gasteiger partial charge in [-0.2, -0.15) is 0 Å². The average Bonchev–Trinajstić information content (AvgIpc) is 3.24. The van der Waals surface area contributed by atoms with Crippen LogP contribution < -0.4 is 15.1 Å². The molecule has 6 nitrogen and oxygen atoms in total. The smallest absolute Gasteiger partial charge is 0.258 e. The van der Waals surface area contributed by atoms with Crippen molar-refractivity contribution in [2.45, 2.75) is 32.1 Å². The van der Waals surface area contributed by atoms with E-state index in [0.29, 0.717) is 11.5 Å². The maximum atomic E-state index is 12.4. The van der Waals surface area contributed by atoms with Crippen LogP contribution in [0.15, 0.2) is 36.7 Å². The number of aromatic nitrogens is 2. The van der Waals surface area contributed by atoms with Crippen molar-refractivity contribution >= 4 is 23.2 Å². The fourth-order valence-corrected chi connectivity index (χ4v) is 3.63. The number of rotatable bonds is 4. The Kier molecular flexibility index (Phi) is 5.00. The van der Waals surface area contributed by atoms with Gasteiger partial charge in [0.25, 0.3) is 5.91 Å². The van der Waals surface area contributed by atoms with Crippen molar-refractivity contribution in [3.63, 3.8) is 0 Å². The lowest BCUT2D eigenvalue weighted by atomic mass is 10.1. The number of hydrogen-bond donors (Lipinski definition) is 1. The second-order valence-electron chi connectivity index (χ2n) is 7.01. The molecule has 2 aliphatic rings. The van der Waals surface area contributed by atoms with Gasteiger partial charge in [0, 0.05) is 49.9 Å². The van der Waals surface area contributed by atoms with Crippen molar-refractivity contribution in [2.75, 3.05) is 41.3 Å². The number of carbonyl (C=O) groups is 1. The van der Waals surface area contributed by atoms with Gasteiger partial charge in [-0.3, -0.25) is 4.79 Å². The molecule has 0 saturated carbocycles. The van der Waals surface area contributed by atoms with Gasteiger partial charge in [0.15, 0.2) is 0 Å². The van der Waals surface area contributed by atoms with Crippen LogP contribution in [0.4, 0.5) is 17.3 Å². The molecule has 1 N–H and O–H groups in total. The highest BCUT2D eigenvalue weighted by atomic mass is 16.1. The summed E-state index contributed by atoms with van der Waals surface area (Å²) in [5, 5.41) is 2.93. The number of anilines is 3. The molecule has 2 fully saturated rings. The Balaban J connectivity index is 1.37. The molecule has 0 aliphatic carbocycles. The molecule has 0 spiro atoms. The zero-order chi connectivity index (χ0) is 17.8. The molecule has 1 aromatic heterocycles. The van der Waals surface area contributed by atoms with Crippen LogP contribution >= 0.6 is 0 Å². The minimum atomic E-state index is -0.177. The lowest BCUT2D eigenvalue weighted by Gasteiger charge is -2.28. The molecule has 0 radical (unpaired) electrons. The molecule has 3 heterocycles. The van der Waals surface area contributed by atoms with Crippen molar-refractivity contribution < 1.29 is 4.79 Å². The number of piperidine rings is 1. The van der Waals surface area contributed by atoms with E-state index >= 15 is 0 Å². The zero-order valence-corrected chi connectivity index (χ0v) is 15.0. The predicted octanol–water partition coefficient (Wildman–Crippen LogP) is 3.32. The quantitative estimate of drug-likeness (QED) is 0.916. The van der Waals surface area contributed by atoms with Crippen LogP contribution in [0.1, 0.15) is 42.5 Å². The predicted molar refractivity (Wildman–Crippen MR) is 104 cm³/mol. The first-order valence-electron chi connectivity index (χ1n) is 9.53. The normalized spacial score (nSPS) is 17.4. The van der Waals surface area contributed by atoms with Gasteiger partial charge < -0.3 is 15.1 Å². The lowest BCUT2D eigenvalue weighted by Crippen LogP contribution is -2.29. The minimum absolute atomic E-state index is 0.177. The highest BCUT2D eigenvalue weighted by Crippen LogP contribution is 2.22. The van der Waals surface area contributed by atoms with Crippen molar-refractivity contribution in [3.05, 3.63) is 42.2 Å². The molecule has 0 unspecified atom stereocenters. The van der Waals surface area contributed by atoms with Gasteiger partial charge in [-0.1, -0.05) is 0 Å². The third kappa shape index (κ3) is 3.79. The van der Waals surface area contributed by atoms with Gasteiger partial charge in [0.2, 0.25) is 5.95 Å². The van der Waals surface area contributed by atoms with Crippen LogP contribution in [0.2, 0.25) is 0 Å². The molecule has 26 heavy (non-hydrogen) atoms. The lowest BCUT2D eigenvalue weighted by molar-refractivity contribution is 0.102. The minimum Gasteiger partial charge on any atom is -0.372 e. The van der Waals surface area contributed by atoms with E-state index in [0.717, 1.165) is 31.9 Å². The van der Waals surface area contributed by atoms with E-state index in [-0.39, 0.29) is 5.91 Å². The molecule has 4 rings (SSSR count). The van der Waals surface area contributed by atoms with E-state index in [9.17, 15) is 4.79 Å². The fraction of sp³-hybridized carbons (Fsp3) is 0.450. The van der Waals surface area contributed by atoms with Gasteiger partial charge >= 0.3 is 0 Å². The summed E-state index contributed by atoms with van der Waals surface area (Å²) in [5.41, 5.74) is 2.49. The Morgan fingerprint density at radius 3 is 2.04 bits per heavy atom. The SMILES string of the molecule is O=C(Nc1ccc(N2CCCCC2)cc1)c1cnc(N2CCCC2)nc1. The summed E-state index contributed by atoms with van der Waals surface area (Å²) in [6, 6.07) is 8.07. The fourth-order valence-electron chi connectivity index (χ4n) is 3.63. The van der Waals surface area contributed by atoms with Crippen molar-refractivity contribution in [3.8, 4) is 0 Å². The Morgan fingerprint density at radius 1 is 0.808 bits per heavy atom. The van der Waals surface area contributed by atoms with E-state index in [1.54, 1.807) is 12.4 Å². The van der Waals surface area contributed by atoms with E-state index in [1.165, 1.54) is 37.8 Å². The summed E-state index contributed by atoms with van der Waals surface area (Å²) < 4.78 is 0. The standard InChI is InChI=1S/C20H25N5O/c26-19(16-14-21-20(22-15-16)25-12-4-5-13-25)23-17-6-8-18(9-7-17)24-10-2-1-3-11-24/h6-9,14-15H,1-5,10-13H2,(H,23,26). The van der Waals surface area contributed by atoms with E-state index in [2.05, 4.69) is 37.2 Å². The first-order chi connectivity index (χ1) is 12.8. The first kappa shape index (κ1) is 16.8. The maximum Gasteiger partial charge on any atom is 0.258 e. The highest BCUT2D eigenvalue weighted by molar-refractivity contribution is 6.03. The van der Waals surface area contributed by atoms with Gasteiger partial charge in [0.1, 0.15) is 0 Å². The topological polar surface area (TPSA) is 61.4 Å². The summed E-state index contributed by atoms with van der Waals surface area (Å²) in [7, 11) is 0. The molecule has 0 bridgehead atoms. The molecule has 6 heteroatoms. The molecular formula is C20H25N5O.